The average molecular weight is 791 g/mol. The number of phenols is 3. The van der Waals surface area contributed by atoms with E-state index in [1.54, 1.807) is 77.0 Å². The predicted molar refractivity (Wildman–Crippen MR) is 238 cm³/mol. The molecule has 12 heteroatoms. The Morgan fingerprint density at radius 1 is 0.393 bits per heavy atom. The lowest BCUT2D eigenvalue weighted by molar-refractivity contribution is 0.444. The second kappa shape index (κ2) is 14.6. The van der Waals surface area contributed by atoms with Crippen LogP contribution in [0.3, 0.4) is 0 Å². The van der Waals surface area contributed by atoms with Gasteiger partial charge in [0.15, 0.2) is 17.2 Å². The van der Waals surface area contributed by atoms with E-state index in [-0.39, 0.29) is 17.2 Å². The van der Waals surface area contributed by atoms with Gasteiger partial charge in [0.1, 0.15) is 28.7 Å². The lowest BCUT2D eigenvalue weighted by Gasteiger charge is -2.31. The van der Waals surface area contributed by atoms with Gasteiger partial charge in [0.25, 0.3) is 0 Å². The first kappa shape index (κ1) is 36.5. The molecule has 0 bridgehead atoms. The first-order valence-corrected chi connectivity index (χ1v) is 19.8. The van der Waals surface area contributed by atoms with E-state index in [0.29, 0.717) is 28.7 Å². The fraction of sp³-hybridized carbons (Fsp3) is 0.0204. The molecule has 1 heterocycles. The molecule has 3 aliphatic rings. The topological polar surface area (TPSA) is 107 Å². The quantitative estimate of drug-likeness (QED) is 0.139. The number of aromatic hydroxyl groups is 3. The minimum atomic E-state index is -0.896. The summed E-state index contributed by atoms with van der Waals surface area (Å²) in [6, 6.07) is 53.5. The molecule has 287 valence electrons. The molecule has 0 atom stereocenters. The third kappa shape index (κ3) is 6.13. The molecule has 0 saturated carbocycles. The van der Waals surface area contributed by atoms with Crippen molar-refractivity contribution in [3.05, 3.63) is 192 Å². The fourth-order valence-corrected chi connectivity index (χ4v) is 8.77. The maximum atomic E-state index is 10.5. The van der Waals surface area contributed by atoms with Crippen LogP contribution in [0.5, 0.6) is 46.0 Å². The van der Waals surface area contributed by atoms with Crippen LogP contribution in [0.25, 0.3) is 22.3 Å². The van der Waals surface area contributed by atoms with Crippen LogP contribution in [0.1, 0.15) is 22.3 Å². The highest BCUT2D eigenvalue weighted by atomic mass is 16.6. The van der Waals surface area contributed by atoms with Gasteiger partial charge >= 0.3 is 29.6 Å². The Bertz CT molecular complexity index is 2820. The zero-order chi connectivity index (χ0) is 41.1. The molecule has 0 amide bonds. The van der Waals surface area contributed by atoms with Crippen LogP contribution in [0.15, 0.2) is 170 Å². The highest BCUT2D eigenvalue weighted by Crippen LogP contribution is 2.62. The first-order chi connectivity index (χ1) is 29.9. The third-order valence-corrected chi connectivity index (χ3v) is 11.5. The molecule has 61 heavy (non-hydrogen) atoms. The number of fused-ring (bicyclic) bond motifs is 11. The van der Waals surface area contributed by atoms with Crippen molar-refractivity contribution in [2.24, 2.45) is 0 Å². The fourth-order valence-electron chi connectivity index (χ4n) is 8.77. The molecule has 0 fully saturated rings. The van der Waals surface area contributed by atoms with Gasteiger partial charge in [-0.25, -0.2) is 0 Å². The second-order valence-corrected chi connectivity index (χ2v) is 15.1. The summed E-state index contributed by atoms with van der Waals surface area (Å²) in [5, 5.41) is 31.6. The molecule has 1 spiro atoms. The van der Waals surface area contributed by atoms with Crippen molar-refractivity contribution in [1.82, 2.24) is 0 Å². The largest absolute Gasteiger partial charge is 0.632 e. The van der Waals surface area contributed by atoms with Crippen LogP contribution in [0.2, 0.25) is 0 Å². The molecule has 8 aromatic carbocycles. The number of hydrogen-bond donors (Lipinski definition) is 3. The lowest BCUT2D eigenvalue weighted by atomic mass is 9.66. The predicted octanol–water partition coefficient (Wildman–Crippen LogP) is 6.28. The Hall–Kier alpha value is -7.58. The van der Waals surface area contributed by atoms with Gasteiger partial charge in [-0.2, -0.15) is 0 Å². The molecule has 0 unspecified atom stereocenters. The van der Waals surface area contributed by atoms with E-state index >= 15 is 0 Å². The van der Waals surface area contributed by atoms with Gasteiger partial charge in [-0.3, -0.25) is 0 Å². The summed E-state index contributed by atoms with van der Waals surface area (Å²) in [5.41, 5.74) is 10.6. The molecule has 0 aromatic heterocycles. The lowest BCUT2D eigenvalue weighted by Crippen LogP contribution is -2.40. The summed E-state index contributed by atoms with van der Waals surface area (Å²) in [6.07, 6.45) is 0. The molecule has 3 N–H and O–H groups in total. The molecule has 11 rings (SSSR count). The van der Waals surface area contributed by atoms with E-state index < -0.39 is 12.5 Å². The van der Waals surface area contributed by atoms with E-state index in [4.69, 9.17) is 23.3 Å². The second-order valence-electron chi connectivity index (χ2n) is 15.1. The molecular formula is C49H31B4O8. The van der Waals surface area contributed by atoms with Crippen molar-refractivity contribution in [2.45, 2.75) is 5.41 Å². The summed E-state index contributed by atoms with van der Waals surface area (Å²) < 4.78 is 31.0. The van der Waals surface area contributed by atoms with Crippen LogP contribution in [-0.2, 0) is 5.41 Å². The van der Waals surface area contributed by atoms with Gasteiger partial charge in [-0.1, -0.05) is 121 Å². The minimum Gasteiger partial charge on any atom is -0.555 e. The number of para-hydroxylation sites is 8. The Balaban J connectivity index is 1.09. The highest BCUT2D eigenvalue weighted by Gasteiger charge is 2.53. The summed E-state index contributed by atoms with van der Waals surface area (Å²) in [4.78, 5) is 0. The summed E-state index contributed by atoms with van der Waals surface area (Å²) in [5.74, 6) is 2.51. The van der Waals surface area contributed by atoms with E-state index in [0.717, 1.165) is 66.4 Å². The van der Waals surface area contributed by atoms with Gasteiger partial charge in [-0.15, -0.1) is 0 Å². The van der Waals surface area contributed by atoms with Gasteiger partial charge in [0.2, 0.25) is 0 Å². The third-order valence-electron chi connectivity index (χ3n) is 11.5. The van der Waals surface area contributed by atoms with Crippen LogP contribution in [-0.4, -0.2) is 44.9 Å². The van der Waals surface area contributed by atoms with Crippen molar-refractivity contribution in [2.75, 3.05) is 0 Å². The molecule has 1 aliphatic heterocycles. The van der Waals surface area contributed by atoms with Gasteiger partial charge < -0.3 is 38.6 Å². The van der Waals surface area contributed by atoms with Crippen LogP contribution >= 0.6 is 0 Å². The van der Waals surface area contributed by atoms with Crippen molar-refractivity contribution in [3.63, 3.8) is 0 Å². The SMILES string of the molecule is Oc1ccccc1O[B]c1ccc2c(c1)C1(c3cc([B]Oc4ccccc4O)ccc3-2)c2cc([B]Oc3ccccc3O)ccc2-c2ccc(B3Oc4ccccc4O3)cc21. The number of phenolic OH excluding ortho intramolecular Hbond substituents is 3. The molecule has 0 saturated heterocycles. The van der Waals surface area contributed by atoms with Crippen molar-refractivity contribution in [3.8, 4) is 68.2 Å². The maximum absolute atomic E-state index is 10.5. The van der Waals surface area contributed by atoms with Crippen LogP contribution in [0.4, 0.5) is 0 Å². The van der Waals surface area contributed by atoms with Crippen LogP contribution < -0.4 is 45.1 Å². The highest BCUT2D eigenvalue weighted by molar-refractivity contribution is 6.63. The molecule has 8 aromatic rings. The van der Waals surface area contributed by atoms with Gasteiger partial charge in [0.05, 0.1) is 5.41 Å². The smallest absolute Gasteiger partial charge is 0.555 e. The average Bonchev–Trinajstić information content (AvgIpc) is 3.94. The van der Waals surface area contributed by atoms with Crippen LogP contribution in [0, 0.1) is 0 Å². The Kier molecular flexibility index (Phi) is 8.74. The Morgan fingerprint density at radius 2 is 0.738 bits per heavy atom. The van der Waals surface area contributed by atoms with E-state index in [1.807, 2.05) is 60.7 Å². The number of rotatable bonds is 10. The van der Waals surface area contributed by atoms with E-state index in [9.17, 15) is 15.3 Å². The van der Waals surface area contributed by atoms with E-state index in [1.165, 1.54) is 0 Å². The molecule has 3 radical (unpaired) electrons. The Morgan fingerprint density at radius 3 is 1.13 bits per heavy atom. The molecule has 8 nitrogen and oxygen atoms in total. The standard InChI is InChI=1S/C49H31B4O8/c54-41-9-1-4-12-44(41)57-50-29-17-21-33-34-22-18-30(51-58-45-13-5-2-10-42(45)55)26-38(34)49(37(33)25-29)39-27-31(52-59-46-14-6-3-11-43(46)56)19-23-35(39)36-24-20-32(28-40(36)49)53-60-47-15-7-8-16-48(47)61-53/h1-28,54-56H. The molecular weight excluding hydrogens is 760 g/mol. The zero-order valence-electron chi connectivity index (χ0n) is 32.4. The maximum Gasteiger partial charge on any atom is 0.632 e. The summed E-state index contributed by atoms with van der Waals surface area (Å²) in [6.45, 7) is 0. The zero-order valence-corrected chi connectivity index (χ0v) is 32.4. The van der Waals surface area contributed by atoms with Gasteiger partial charge in [-0.05, 0) is 109 Å². The number of hydrogen-bond acceptors (Lipinski definition) is 8. The van der Waals surface area contributed by atoms with E-state index in [2.05, 4.69) is 54.6 Å². The summed E-state index contributed by atoms with van der Waals surface area (Å²) in [7, 11) is 4.29. The number of benzene rings is 8. The van der Waals surface area contributed by atoms with Crippen molar-refractivity contribution in [1.29, 1.82) is 0 Å². The van der Waals surface area contributed by atoms with Crippen molar-refractivity contribution < 1.29 is 38.6 Å². The Labute approximate surface area is 354 Å². The first-order valence-electron chi connectivity index (χ1n) is 19.8. The minimum absolute atomic E-state index is 0.0399. The monoisotopic (exact) mass is 791 g/mol. The van der Waals surface area contributed by atoms with Crippen molar-refractivity contribution >= 4 is 51.4 Å². The normalized spacial score (nSPS) is 13.1. The summed E-state index contributed by atoms with van der Waals surface area (Å²) >= 11 is 0. The molecule has 2 aliphatic carbocycles. The van der Waals surface area contributed by atoms with Gasteiger partial charge in [0, 0.05) is 5.46 Å².